The van der Waals surface area contributed by atoms with Gasteiger partial charge in [-0.3, -0.25) is 4.79 Å². The maximum absolute atomic E-state index is 12.0. The quantitative estimate of drug-likeness (QED) is 0.840. The van der Waals surface area contributed by atoms with Gasteiger partial charge in [-0.15, -0.1) is 11.6 Å². The topological polar surface area (TPSA) is 41.6 Å². The number of benzene rings is 1. The first kappa shape index (κ1) is 12.0. The second kappa shape index (κ2) is 4.84. The number of rotatable bonds is 3. The summed E-state index contributed by atoms with van der Waals surface area (Å²) in [6.07, 6.45) is -0.453. The molecule has 17 heavy (non-hydrogen) atoms. The van der Waals surface area contributed by atoms with Crippen LogP contribution in [-0.4, -0.2) is 31.5 Å². The summed E-state index contributed by atoms with van der Waals surface area (Å²) < 4.78 is 5.56. The monoisotopic (exact) mass is 254 g/mol. The summed E-state index contributed by atoms with van der Waals surface area (Å²) in [5.41, 5.74) is 1.72. The van der Waals surface area contributed by atoms with Gasteiger partial charge < -0.3 is 15.0 Å². The van der Waals surface area contributed by atoms with E-state index in [4.69, 9.17) is 16.3 Å². The Balaban J connectivity index is 2.43. The highest BCUT2D eigenvalue weighted by Crippen LogP contribution is 2.36. The van der Waals surface area contributed by atoms with Gasteiger partial charge in [0, 0.05) is 25.2 Å². The molecule has 0 saturated heterocycles. The second-order valence-electron chi connectivity index (χ2n) is 3.87. The highest BCUT2D eigenvalue weighted by molar-refractivity contribution is 6.18. The third kappa shape index (κ3) is 2.17. The van der Waals surface area contributed by atoms with E-state index in [1.54, 1.807) is 11.8 Å². The molecule has 1 heterocycles. The largest absolute Gasteiger partial charge is 0.479 e. The van der Waals surface area contributed by atoms with Gasteiger partial charge in [-0.2, -0.15) is 0 Å². The van der Waals surface area contributed by atoms with Gasteiger partial charge in [-0.1, -0.05) is 0 Å². The molecular weight excluding hydrogens is 240 g/mol. The first-order valence-corrected chi connectivity index (χ1v) is 6.06. The molecule has 0 fully saturated rings. The van der Waals surface area contributed by atoms with Crippen LogP contribution in [0.15, 0.2) is 18.2 Å². The molecule has 0 saturated carbocycles. The van der Waals surface area contributed by atoms with Crippen molar-refractivity contribution in [2.45, 2.75) is 13.0 Å². The number of carbonyl (C=O) groups excluding carboxylic acids is 1. The van der Waals surface area contributed by atoms with E-state index in [9.17, 15) is 4.79 Å². The lowest BCUT2D eigenvalue weighted by molar-refractivity contribution is -0.125. The maximum Gasteiger partial charge on any atom is 0.267 e. The molecule has 1 aliphatic rings. The summed E-state index contributed by atoms with van der Waals surface area (Å²) in [5.74, 6) is 1.08. The fraction of sp³-hybridized carbons (Fsp3) is 0.417. The Morgan fingerprint density at radius 3 is 2.94 bits per heavy atom. The molecule has 1 atom stereocenters. The van der Waals surface area contributed by atoms with E-state index in [2.05, 4.69) is 5.32 Å². The van der Waals surface area contributed by atoms with Gasteiger partial charge in [0.1, 0.15) is 5.75 Å². The zero-order valence-electron chi connectivity index (χ0n) is 9.87. The maximum atomic E-state index is 12.0. The van der Waals surface area contributed by atoms with E-state index in [1.807, 2.05) is 25.2 Å². The van der Waals surface area contributed by atoms with Gasteiger partial charge in [-0.25, -0.2) is 0 Å². The number of anilines is 2. The molecule has 2 rings (SSSR count). The average Bonchev–Trinajstić information content (AvgIpc) is 2.34. The van der Waals surface area contributed by atoms with Crippen molar-refractivity contribution >= 4 is 28.9 Å². The van der Waals surface area contributed by atoms with Crippen molar-refractivity contribution in [1.29, 1.82) is 0 Å². The van der Waals surface area contributed by atoms with Crippen LogP contribution in [0.25, 0.3) is 0 Å². The summed E-state index contributed by atoms with van der Waals surface area (Å²) in [5, 5.41) is 3.04. The molecule has 1 amide bonds. The number of halogens is 1. The van der Waals surface area contributed by atoms with Crippen LogP contribution < -0.4 is 15.0 Å². The summed E-state index contributed by atoms with van der Waals surface area (Å²) in [6.45, 7) is 2.24. The molecule has 92 valence electrons. The smallest absolute Gasteiger partial charge is 0.267 e. The van der Waals surface area contributed by atoms with Gasteiger partial charge in [0.05, 0.1) is 5.69 Å². The number of fused-ring (bicyclic) bond motifs is 1. The Morgan fingerprint density at radius 2 is 2.29 bits per heavy atom. The Morgan fingerprint density at radius 1 is 1.53 bits per heavy atom. The zero-order chi connectivity index (χ0) is 12.4. The fourth-order valence-electron chi connectivity index (χ4n) is 1.88. The van der Waals surface area contributed by atoms with Crippen LogP contribution in [0.2, 0.25) is 0 Å². The first-order chi connectivity index (χ1) is 8.17. The molecule has 0 aromatic heterocycles. The van der Waals surface area contributed by atoms with E-state index in [0.29, 0.717) is 12.4 Å². The number of nitrogens with zero attached hydrogens (tertiary/aromatic N) is 1. The fourth-order valence-corrected chi connectivity index (χ4v) is 2.05. The number of alkyl halides is 1. The highest BCUT2D eigenvalue weighted by atomic mass is 35.5. The van der Waals surface area contributed by atoms with E-state index in [-0.39, 0.29) is 5.91 Å². The predicted molar refractivity (Wildman–Crippen MR) is 69.2 cm³/mol. The van der Waals surface area contributed by atoms with Crippen LogP contribution in [0.3, 0.4) is 0 Å². The number of amides is 1. The molecular formula is C12H15ClN2O2. The van der Waals surface area contributed by atoms with Crippen LogP contribution in [0, 0.1) is 0 Å². The summed E-state index contributed by atoms with van der Waals surface area (Å²) >= 11 is 5.74. The minimum absolute atomic E-state index is 0.0496. The van der Waals surface area contributed by atoms with Crippen LogP contribution in [-0.2, 0) is 4.79 Å². The molecule has 0 spiro atoms. The van der Waals surface area contributed by atoms with Crippen LogP contribution in [0.5, 0.6) is 5.75 Å². The van der Waals surface area contributed by atoms with E-state index in [1.165, 1.54) is 0 Å². The SMILES string of the molecule is CNc1ccc2c(c1)N(CCCl)C(=O)C(C)O2. The number of carbonyl (C=O) groups is 1. The second-order valence-corrected chi connectivity index (χ2v) is 4.25. The van der Waals surface area contributed by atoms with Crippen molar-refractivity contribution in [3.05, 3.63) is 18.2 Å². The van der Waals surface area contributed by atoms with Crippen LogP contribution in [0.4, 0.5) is 11.4 Å². The molecule has 5 heteroatoms. The Labute approximate surface area is 106 Å². The normalized spacial score (nSPS) is 18.6. The van der Waals surface area contributed by atoms with Gasteiger partial charge in [-0.05, 0) is 25.1 Å². The molecule has 0 bridgehead atoms. The summed E-state index contributed by atoms with van der Waals surface area (Å²) in [7, 11) is 1.84. The molecule has 4 nitrogen and oxygen atoms in total. The Hall–Kier alpha value is -1.42. The first-order valence-electron chi connectivity index (χ1n) is 5.53. The van der Waals surface area contributed by atoms with E-state index >= 15 is 0 Å². The lowest BCUT2D eigenvalue weighted by atomic mass is 10.1. The lowest BCUT2D eigenvalue weighted by Crippen LogP contribution is -2.45. The van der Waals surface area contributed by atoms with Crippen molar-refractivity contribution in [1.82, 2.24) is 0 Å². The van der Waals surface area contributed by atoms with E-state index in [0.717, 1.165) is 17.1 Å². The molecule has 1 aromatic carbocycles. The van der Waals surface area contributed by atoms with Gasteiger partial charge in [0.15, 0.2) is 6.10 Å². The van der Waals surface area contributed by atoms with Crippen molar-refractivity contribution < 1.29 is 9.53 Å². The summed E-state index contributed by atoms with van der Waals surface area (Å²) in [6, 6.07) is 5.68. The minimum Gasteiger partial charge on any atom is -0.479 e. The molecule has 1 aromatic rings. The predicted octanol–water partition coefficient (Wildman–Crippen LogP) is 2.08. The van der Waals surface area contributed by atoms with Gasteiger partial charge in [0.2, 0.25) is 0 Å². The molecule has 0 aliphatic carbocycles. The van der Waals surface area contributed by atoms with Crippen molar-refractivity contribution in [3.63, 3.8) is 0 Å². The third-order valence-electron chi connectivity index (χ3n) is 2.76. The van der Waals surface area contributed by atoms with Gasteiger partial charge >= 0.3 is 0 Å². The van der Waals surface area contributed by atoms with Crippen molar-refractivity contribution in [2.75, 3.05) is 29.7 Å². The van der Waals surface area contributed by atoms with Crippen LogP contribution >= 0.6 is 11.6 Å². The minimum atomic E-state index is -0.453. The average molecular weight is 255 g/mol. The highest BCUT2D eigenvalue weighted by Gasteiger charge is 2.31. The lowest BCUT2D eigenvalue weighted by Gasteiger charge is -2.32. The number of ether oxygens (including phenoxy) is 1. The molecule has 1 N–H and O–H groups in total. The van der Waals surface area contributed by atoms with E-state index < -0.39 is 6.10 Å². The Bertz CT molecular complexity index is 437. The number of hydrogen-bond donors (Lipinski definition) is 1. The molecule has 1 unspecified atom stereocenters. The number of hydrogen-bond acceptors (Lipinski definition) is 3. The summed E-state index contributed by atoms with van der Waals surface area (Å²) in [4.78, 5) is 13.7. The zero-order valence-corrected chi connectivity index (χ0v) is 10.6. The standard InChI is InChI=1S/C12H15ClN2O2/c1-8-12(16)15(6-5-13)10-7-9(14-2)3-4-11(10)17-8/h3-4,7-8,14H,5-6H2,1-2H3. The van der Waals surface area contributed by atoms with Crippen molar-refractivity contribution in [3.8, 4) is 5.75 Å². The van der Waals surface area contributed by atoms with Crippen LogP contribution in [0.1, 0.15) is 6.92 Å². The molecule has 1 aliphatic heterocycles. The van der Waals surface area contributed by atoms with Gasteiger partial charge in [0.25, 0.3) is 5.91 Å². The Kier molecular flexibility index (Phi) is 3.43. The molecule has 0 radical (unpaired) electrons. The third-order valence-corrected chi connectivity index (χ3v) is 2.93. The van der Waals surface area contributed by atoms with Crippen molar-refractivity contribution in [2.24, 2.45) is 0 Å². The number of nitrogens with one attached hydrogen (secondary N) is 1.